The van der Waals surface area contributed by atoms with Gasteiger partial charge >= 0.3 is 0 Å². The van der Waals surface area contributed by atoms with E-state index in [0.29, 0.717) is 0 Å². The van der Waals surface area contributed by atoms with E-state index in [9.17, 15) is 4.79 Å². The first kappa shape index (κ1) is 20.5. The van der Waals surface area contributed by atoms with E-state index in [-0.39, 0.29) is 33.1 Å². The van der Waals surface area contributed by atoms with Gasteiger partial charge in [-0.1, -0.05) is 67.4 Å². The van der Waals surface area contributed by atoms with E-state index in [0.717, 1.165) is 50.9 Å². The highest BCUT2D eigenvalue weighted by atomic mass is 35.5. The van der Waals surface area contributed by atoms with E-state index in [1.165, 1.54) is 0 Å². The molecule has 4 heterocycles. The van der Waals surface area contributed by atoms with Crippen LogP contribution in [-0.4, -0.2) is 66.0 Å². The molecule has 5 aliphatic rings. The molecule has 1 saturated carbocycles. The molecule has 1 aliphatic carbocycles. The predicted octanol–water partition coefficient (Wildman–Crippen LogP) is 2.90. The van der Waals surface area contributed by atoms with Crippen molar-refractivity contribution in [2.75, 3.05) is 39.6 Å². The maximum absolute atomic E-state index is 13.0. The van der Waals surface area contributed by atoms with Crippen LogP contribution in [0, 0.1) is 22.7 Å². The highest BCUT2D eigenvalue weighted by molar-refractivity contribution is 6.55. The number of allylic oxidation sites excluding steroid dienone is 1. The molecule has 2 unspecified atom stereocenters. The molecular formula is C22H27Cl2N5O. The Balaban J connectivity index is 1.43. The zero-order chi connectivity index (χ0) is 21.1. The summed E-state index contributed by atoms with van der Waals surface area (Å²) in [5.41, 5.74) is 4.66. The molecule has 1 amide bonds. The highest BCUT2D eigenvalue weighted by Gasteiger charge is 2.61. The van der Waals surface area contributed by atoms with Crippen LogP contribution in [0.15, 0.2) is 46.0 Å². The lowest BCUT2D eigenvalue weighted by Crippen LogP contribution is -2.74. The van der Waals surface area contributed by atoms with Gasteiger partial charge in [-0.15, -0.1) is 0 Å². The van der Waals surface area contributed by atoms with Gasteiger partial charge in [0.1, 0.15) is 4.49 Å². The minimum atomic E-state index is -0.182. The Bertz CT molecular complexity index is 874. The Hall–Kier alpha value is -1.44. The van der Waals surface area contributed by atoms with Crippen LogP contribution in [0.4, 0.5) is 0 Å². The van der Waals surface area contributed by atoms with E-state index in [1.54, 1.807) is 6.08 Å². The number of carbonyl (C=O) groups excluding carboxylic acids is 1. The number of halogens is 2. The second-order valence-corrected chi connectivity index (χ2v) is 10.8. The molecule has 0 spiro atoms. The minimum Gasteiger partial charge on any atom is -0.276 e. The van der Waals surface area contributed by atoms with Gasteiger partial charge in [-0.05, 0) is 23.0 Å². The number of benzene rings is 1. The van der Waals surface area contributed by atoms with E-state index in [4.69, 9.17) is 28.3 Å². The Kier molecular flexibility index (Phi) is 4.99. The first-order valence-electron chi connectivity index (χ1n) is 10.4. The van der Waals surface area contributed by atoms with Gasteiger partial charge in [0.2, 0.25) is 5.91 Å². The van der Waals surface area contributed by atoms with Gasteiger partial charge in [-0.2, -0.15) is 5.10 Å². The average molecular weight is 448 g/mol. The quantitative estimate of drug-likeness (QED) is 0.556. The van der Waals surface area contributed by atoms with Crippen LogP contribution in [0.2, 0.25) is 0 Å². The molecule has 6 nitrogen and oxygen atoms in total. The molecule has 4 bridgehead atoms. The van der Waals surface area contributed by atoms with E-state index in [1.807, 2.05) is 18.2 Å². The fourth-order valence-electron chi connectivity index (χ4n) is 5.83. The average Bonchev–Trinajstić information content (AvgIpc) is 3.20. The number of hydrogen-bond donors (Lipinski definition) is 1. The molecule has 1 N–H and O–H groups in total. The number of carbonyl (C=O) groups is 1. The van der Waals surface area contributed by atoms with Crippen LogP contribution in [0.25, 0.3) is 0 Å². The standard InChI is InChI=1S/C22H27Cl2N5O/c1-21(2)16(8-17(23)24)18(21)20(30)26-25-19(15-6-4-3-5-7-15)22-9-27-12-28(10-22)14-29(11-22)13-27/h3-8,16,18H,9-14H2,1-2H3,(H,26,30)/b25-19+. The summed E-state index contributed by atoms with van der Waals surface area (Å²) < 4.78 is 0.211. The summed E-state index contributed by atoms with van der Waals surface area (Å²) in [5, 5.41) is 4.77. The van der Waals surface area contributed by atoms with Gasteiger partial charge in [-0.3, -0.25) is 19.5 Å². The van der Waals surface area contributed by atoms with Crippen LogP contribution in [0.5, 0.6) is 0 Å². The third-order valence-corrected chi connectivity index (χ3v) is 7.36. The third kappa shape index (κ3) is 3.49. The van der Waals surface area contributed by atoms with Gasteiger partial charge in [0, 0.05) is 19.6 Å². The molecule has 2 atom stereocenters. The Morgan fingerprint density at radius 2 is 1.63 bits per heavy atom. The monoisotopic (exact) mass is 447 g/mol. The van der Waals surface area contributed by atoms with E-state index >= 15 is 0 Å². The smallest absolute Gasteiger partial charge is 0.244 e. The molecule has 4 aliphatic heterocycles. The number of nitrogens with one attached hydrogen (secondary N) is 1. The molecule has 30 heavy (non-hydrogen) atoms. The van der Waals surface area contributed by atoms with Crippen molar-refractivity contribution in [1.82, 2.24) is 20.1 Å². The van der Waals surface area contributed by atoms with Gasteiger partial charge < -0.3 is 0 Å². The lowest BCUT2D eigenvalue weighted by molar-refractivity contribution is -0.149. The van der Waals surface area contributed by atoms with Crippen molar-refractivity contribution < 1.29 is 4.79 Å². The van der Waals surface area contributed by atoms with Crippen LogP contribution >= 0.6 is 23.2 Å². The van der Waals surface area contributed by atoms with Crippen LogP contribution < -0.4 is 5.43 Å². The fourth-order valence-corrected chi connectivity index (χ4v) is 6.10. The number of hydrogen-bond acceptors (Lipinski definition) is 5. The zero-order valence-electron chi connectivity index (χ0n) is 17.3. The SMILES string of the molecule is CC1(C)C(C=C(Cl)Cl)C1C(=O)N/N=C(\c1ccccc1)C12CN3CN(CN(C3)C1)C2. The first-order valence-corrected chi connectivity index (χ1v) is 11.2. The van der Waals surface area contributed by atoms with Crippen molar-refractivity contribution in [2.24, 2.45) is 27.8 Å². The number of nitrogens with zero attached hydrogens (tertiary/aromatic N) is 4. The van der Waals surface area contributed by atoms with Crippen LogP contribution in [0.1, 0.15) is 19.4 Å². The fraction of sp³-hybridized carbons (Fsp3) is 0.545. The van der Waals surface area contributed by atoms with Crippen LogP contribution in [0.3, 0.4) is 0 Å². The summed E-state index contributed by atoms with van der Waals surface area (Å²) in [5.74, 6) is -0.228. The van der Waals surface area contributed by atoms with E-state index in [2.05, 4.69) is 46.1 Å². The lowest BCUT2D eigenvalue weighted by atomic mass is 9.74. The van der Waals surface area contributed by atoms with Crippen molar-refractivity contribution >= 4 is 34.8 Å². The summed E-state index contributed by atoms with van der Waals surface area (Å²) in [4.78, 5) is 20.4. The summed E-state index contributed by atoms with van der Waals surface area (Å²) in [6.07, 6.45) is 1.77. The molecule has 1 aromatic carbocycles. The zero-order valence-corrected chi connectivity index (χ0v) is 18.8. The first-order chi connectivity index (χ1) is 14.3. The molecule has 5 fully saturated rings. The predicted molar refractivity (Wildman–Crippen MR) is 119 cm³/mol. The summed E-state index contributed by atoms with van der Waals surface area (Å²) in [6, 6.07) is 10.2. The van der Waals surface area contributed by atoms with Gasteiger partial charge in [0.15, 0.2) is 0 Å². The van der Waals surface area contributed by atoms with Crippen LogP contribution in [-0.2, 0) is 4.79 Å². The van der Waals surface area contributed by atoms with Gasteiger partial charge in [-0.25, -0.2) is 5.43 Å². The Morgan fingerprint density at radius 3 is 2.17 bits per heavy atom. The Labute approximate surface area is 187 Å². The second kappa shape index (κ2) is 7.31. The molecule has 0 aromatic heterocycles. The summed E-state index contributed by atoms with van der Waals surface area (Å²) in [7, 11) is 0. The van der Waals surface area contributed by atoms with Crippen molar-refractivity contribution in [3.05, 3.63) is 46.5 Å². The molecule has 1 aromatic rings. The second-order valence-electron chi connectivity index (χ2n) is 9.78. The van der Waals surface area contributed by atoms with Crippen molar-refractivity contribution in [3.8, 4) is 0 Å². The summed E-state index contributed by atoms with van der Waals surface area (Å²) >= 11 is 11.7. The molecule has 0 radical (unpaired) electrons. The summed E-state index contributed by atoms with van der Waals surface area (Å²) in [6.45, 7) is 10.0. The molecule has 4 saturated heterocycles. The van der Waals surface area contributed by atoms with Gasteiger partial charge in [0.25, 0.3) is 0 Å². The minimum absolute atomic E-state index is 0.0285. The molecule has 160 valence electrons. The number of amides is 1. The van der Waals surface area contributed by atoms with E-state index < -0.39 is 0 Å². The molecular weight excluding hydrogens is 421 g/mol. The van der Waals surface area contributed by atoms with Gasteiger partial charge in [0.05, 0.1) is 37.1 Å². The van der Waals surface area contributed by atoms with Crippen molar-refractivity contribution in [1.29, 1.82) is 0 Å². The molecule has 6 rings (SSSR count). The van der Waals surface area contributed by atoms with Crippen molar-refractivity contribution in [2.45, 2.75) is 13.8 Å². The normalized spacial score (nSPS) is 38.3. The highest BCUT2D eigenvalue weighted by Crippen LogP contribution is 2.59. The maximum atomic E-state index is 13.0. The van der Waals surface area contributed by atoms with Crippen molar-refractivity contribution in [3.63, 3.8) is 0 Å². The topological polar surface area (TPSA) is 51.2 Å². The third-order valence-electron chi connectivity index (χ3n) is 7.10. The Morgan fingerprint density at radius 1 is 1.07 bits per heavy atom. The largest absolute Gasteiger partial charge is 0.276 e. The lowest BCUT2D eigenvalue weighted by Gasteiger charge is -2.60. The maximum Gasteiger partial charge on any atom is 0.244 e. The number of rotatable bonds is 5. The number of hydrazone groups is 1. The molecule has 8 heteroatoms.